The molecular weight excluding hydrogens is 214 g/mol. The van der Waals surface area contributed by atoms with Gasteiger partial charge in [0, 0.05) is 17.5 Å². The zero-order valence-corrected chi connectivity index (χ0v) is 9.34. The molecule has 1 aromatic carbocycles. The fourth-order valence-electron chi connectivity index (χ4n) is 1.94. The van der Waals surface area contributed by atoms with Gasteiger partial charge in [-0.15, -0.1) is 0 Å². The maximum Gasteiger partial charge on any atom is 0.244 e. The van der Waals surface area contributed by atoms with Crippen LogP contribution in [0.25, 0.3) is 10.9 Å². The number of hydrogen-bond donors (Lipinski definition) is 1. The maximum atomic E-state index is 11.9. The molecule has 2 aromatic rings. The van der Waals surface area contributed by atoms with Crippen molar-refractivity contribution >= 4 is 22.5 Å². The number of carbonyl (C=O) groups is 1. The smallest absolute Gasteiger partial charge is 0.244 e. The van der Waals surface area contributed by atoms with Crippen molar-refractivity contribution in [3.8, 4) is 0 Å². The molecule has 1 aromatic heterocycles. The summed E-state index contributed by atoms with van der Waals surface area (Å²) in [7, 11) is 0. The Bertz CT molecular complexity index is 572. The van der Waals surface area contributed by atoms with E-state index in [1.807, 2.05) is 30.3 Å². The van der Waals surface area contributed by atoms with Crippen molar-refractivity contribution in [2.24, 2.45) is 11.8 Å². The summed E-state index contributed by atoms with van der Waals surface area (Å²) in [5.74, 6) is 6.02. The number of nitrogens with two attached hydrogens (primary N) is 1. The molecule has 1 saturated carbocycles. The summed E-state index contributed by atoms with van der Waals surface area (Å²) in [5.41, 5.74) is 1.58. The molecule has 0 bridgehead atoms. The van der Waals surface area contributed by atoms with Crippen LogP contribution >= 0.6 is 0 Å². The lowest BCUT2D eigenvalue weighted by atomic mass is 10.1. The van der Waals surface area contributed by atoms with E-state index in [-0.39, 0.29) is 11.8 Å². The average molecular weight is 227 g/mol. The fourth-order valence-corrected chi connectivity index (χ4v) is 1.94. The molecule has 86 valence electrons. The van der Waals surface area contributed by atoms with Gasteiger partial charge < -0.3 is 0 Å². The van der Waals surface area contributed by atoms with Gasteiger partial charge in [0.25, 0.3) is 0 Å². The molecule has 4 heteroatoms. The molecule has 1 aliphatic carbocycles. The summed E-state index contributed by atoms with van der Waals surface area (Å²) in [5, 5.41) is 2.17. The van der Waals surface area contributed by atoms with Gasteiger partial charge in [0.1, 0.15) is 0 Å². The first-order valence-electron chi connectivity index (χ1n) is 5.70. The van der Waals surface area contributed by atoms with E-state index in [0.29, 0.717) is 0 Å². The Balaban J connectivity index is 2.07. The lowest BCUT2D eigenvalue weighted by Gasteiger charge is -2.18. The molecule has 1 fully saturated rings. The highest BCUT2D eigenvalue weighted by atomic mass is 16.2. The quantitative estimate of drug-likeness (QED) is 0.484. The number of hydrogen-bond acceptors (Lipinski definition) is 3. The van der Waals surface area contributed by atoms with Crippen LogP contribution in [0.1, 0.15) is 12.8 Å². The summed E-state index contributed by atoms with van der Waals surface area (Å²) < 4.78 is 0. The van der Waals surface area contributed by atoms with Crippen LogP contribution in [0.2, 0.25) is 0 Å². The van der Waals surface area contributed by atoms with Crippen LogP contribution in [0.4, 0.5) is 5.69 Å². The van der Waals surface area contributed by atoms with Crippen molar-refractivity contribution < 1.29 is 4.79 Å². The number of amides is 1. The Morgan fingerprint density at radius 2 is 2.12 bits per heavy atom. The number of nitrogens with zero attached hydrogens (tertiary/aromatic N) is 2. The van der Waals surface area contributed by atoms with Crippen LogP contribution in [0, 0.1) is 5.92 Å². The molecule has 4 nitrogen and oxygen atoms in total. The van der Waals surface area contributed by atoms with E-state index in [2.05, 4.69) is 4.98 Å². The highest BCUT2D eigenvalue weighted by Gasteiger charge is 2.33. The van der Waals surface area contributed by atoms with Gasteiger partial charge in [0.15, 0.2) is 0 Å². The average Bonchev–Trinajstić information content (AvgIpc) is 3.20. The van der Waals surface area contributed by atoms with E-state index >= 15 is 0 Å². The summed E-state index contributed by atoms with van der Waals surface area (Å²) in [6.45, 7) is 0. The van der Waals surface area contributed by atoms with Crippen LogP contribution in [-0.2, 0) is 4.79 Å². The molecule has 0 spiro atoms. The van der Waals surface area contributed by atoms with Crippen molar-refractivity contribution in [2.75, 3.05) is 5.01 Å². The molecule has 1 heterocycles. The van der Waals surface area contributed by atoms with Gasteiger partial charge in [-0.25, -0.2) is 10.9 Å². The molecule has 1 amide bonds. The Morgan fingerprint density at radius 1 is 1.29 bits per heavy atom. The zero-order chi connectivity index (χ0) is 11.8. The number of pyridine rings is 1. The minimum absolute atomic E-state index is 0.00125. The van der Waals surface area contributed by atoms with Crippen molar-refractivity contribution in [2.45, 2.75) is 12.8 Å². The number of benzene rings is 1. The van der Waals surface area contributed by atoms with Crippen molar-refractivity contribution in [1.82, 2.24) is 4.98 Å². The molecule has 3 rings (SSSR count). The number of anilines is 1. The van der Waals surface area contributed by atoms with Gasteiger partial charge in [-0.2, -0.15) is 0 Å². The lowest BCUT2D eigenvalue weighted by molar-refractivity contribution is -0.119. The molecular formula is C13H13N3O. The van der Waals surface area contributed by atoms with Crippen LogP contribution < -0.4 is 10.9 Å². The van der Waals surface area contributed by atoms with Gasteiger partial charge in [-0.05, 0) is 37.1 Å². The third kappa shape index (κ3) is 1.76. The Morgan fingerprint density at radius 3 is 2.88 bits per heavy atom. The largest absolute Gasteiger partial charge is 0.273 e. The second-order valence-corrected chi connectivity index (χ2v) is 4.33. The highest BCUT2D eigenvalue weighted by Crippen LogP contribution is 2.33. The van der Waals surface area contributed by atoms with Gasteiger partial charge in [-0.3, -0.25) is 9.78 Å². The van der Waals surface area contributed by atoms with E-state index in [9.17, 15) is 4.79 Å². The number of carbonyl (C=O) groups excluding carboxylic acids is 1. The van der Waals surface area contributed by atoms with Crippen LogP contribution in [0.15, 0.2) is 36.5 Å². The van der Waals surface area contributed by atoms with Crippen molar-refractivity contribution in [1.29, 1.82) is 0 Å². The topological polar surface area (TPSA) is 59.2 Å². The Labute approximate surface area is 99.0 Å². The normalized spacial score (nSPS) is 14.9. The van der Waals surface area contributed by atoms with Crippen LogP contribution in [0.3, 0.4) is 0 Å². The number of aromatic nitrogens is 1. The molecule has 0 unspecified atom stereocenters. The maximum absolute atomic E-state index is 11.9. The van der Waals surface area contributed by atoms with Gasteiger partial charge in [0.05, 0.1) is 11.2 Å². The first-order chi connectivity index (χ1) is 8.27. The predicted octanol–water partition coefficient (Wildman–Crippen LogP) is 1.85. The predicted molar refractivity (Wildman–Crippen MR) is 66.1 cm³/mol. The molecule has 2 N–H and O–H groups in total. The third-order valence-corrected chi connectivity index (χ3v) is 3.05. The second-order valence-electron chi connectivity index (χ2n) is 4.33. The van der Waals surface area contributed by atoms with E-state index in [4.69, 9.17) is 5.84 Å². The number of hydrazine groups is 1. The number of rotatable bonds is 2. The van der Waals surface area contributed by atoms with Gasteiger partial charge in [0.2, 0.25) is 5.91 Å². The lowest BCUT2D eigenvalue weighted by Crippen LogP contribution is -2.38. The first-order valence-corrected chi connectivity index (χ1v) is 5.70. The summed E-state index contributed by atoms with van der Waals surface area (Å²) in [6, 6.07) is 9.41. The summed E-state index contributed by atoms with van der Waals surface area (Å²) in [6.07, 6.45) is 3.64. The second kappa shape index (κ2) is 3.82. The number of fused-ring (bicyclic) bond motifs is 1. The SMILES string of the molecule is NN(C(=O)C1CC1)c1cccc2ncccc12. The standard InChI is InChI=1S/C13H13N3O/c14-16(13(17)9-6-7-9)12-5-1-4-11-10(12)3-2-8-15-11/h1-5,8-9H,6-7,14H2. The van der Waals surface area contributed by atoms with Gasteiger partial charge >= 0.3 is 0 Å². The summed E-state index contributed by atoms with van der Waals surface area (Å²) >= 11 is 0. The molecule has 0 atom stereocenters. The zero-order valence-electron chi connectivity index (χ0n) is 9.34. The minimum atomic E-state index is 0.00125. The minimum Gasteiger partial charge on any atom is -0.273 e. The van der Waals surface area contributed by atoms with Crippen molar-refractivity contribution in [3.63, 3.8) is 0 Å². The van der Waals surface area contributed by atoms with E-state index in [1.54, 1.807) is 6.20 Å². The molecule has 0 aliphatic heterocycles. The molecule has 1 aliphatic rings. The van der Waals surface area contributed by atoms with Crippen molar-refractivity contribution in [3.05, 3.63) is 36.5 Å². The van der Waals surface area contributed by atoms with E-state index < -0.39 is 0 Å². The van der Waals surface area contributed by atoms with Crippen LogP contribution in [-0.4, -0.2) is 10.9 Å². The fraction of sp³-hybridized carbons (Fsp3) is 0.231. The monoisotopic (exact) mass is 227 g/mol. The van der Waals surface area contributed by atoms with Gasteiger partial charge in [-0.1, -0.05) is 6.07 Å². The Kier molecular flexibility index (Phi) is 2.30. The first kappa shape index (κ1) is 10.2. The molecule has 0 radical (unpaired) electrons. The van der Waals surface area contributed by atoms with Crippen LogP contribution in [0.5, 0.6) is 0 Å². The Hall–Kier alpha value is -1.94. The molecule has 0 saturated heterocycles. The van der Waals surface area contributed by atoms with E-state index in [1.165, 1.54) is 5.01 Å². The molecule has 17 heavy (non-hydrogen) atoms. The highest BCUT2D eigenvalue weighted by molar-refractivity contribution is 6.03. The van der Waals surface area contributed by atoms with E-state index in [0.717, 1.165) is 29.4 Å². The summed E-state index contributed by atoms with van der Waals surface area (Å²) in [4.78, 5) is 16.2. The third-order valence-electron chi connectivity index (χ3n) is 3.05.